The van der Waals surface area contributed by atoms with Crippen molar-refractivity contribution in [2.75, 3.05) is 19.5 Å². The van der Waals surface area contributed by atoms with Crippen molar-refractivity contribution in [2.45, 2.75) is 19.8 Å². The summed E-state index contributed by atoms with van der Waals surface area (Å²) in [6, 6.07) is 3.19. The Kier molecular flexibility index (Phi) is 4.63. The Bertz CT molecular complexity index is 404. The quantitative estimate of drug-likeness (QED) is 0.462. The van der Waals surface area contributed by atoms with Crippen LogP contribution >= 0.6 is 0 Å². The minimum atomic E-state index is -0.298. The number of hydrogen-bond acceptors (Lipinski definition) is 5. The van der Waals surface area contributed by atoms with Gasteiger partial charge in [-0.3, -0.25) is 4.79 Å². The van der Waals surface area contributed by atoms with E-state index in [9.17, 15) is 9.90 Å². The highest BCUT2D eigenvalue weighted by Crippen LogP contribution is 2.31. The van der Waals surface area contributed by atoms with E-state index in [1.807, 2.05) is 0 Å². The highest BCUT2D eigenvalue weighted by Gasteiger charge is 2.10. The van der Waals surface area contributed by atoms with Crippen LogP contribution in [0.4, 0.5) is 5.69 Å². The van der Waals surface area contributed by atoms with Crippen molar-refractivity contribution in [1.29, 1.82) is 0 Å². The zero-order valence-corrected chi connectivity index (χ0v) is 10.0. The average molecular weight is 239 g/mol. The van der Waals surface area contributed by atoms with Crippen LogP contribution in [0.3, 0.4) is 0 Å². The van der Waals surface area contributed by atoms with Crippen LogP contribution in [0.2, 0.25) is 0 Å². The Balaban J connectivity index is 2.76. The summed E-state index contributed by atoms with van der Waals surface area (Å²) in [7, 11) is 1.51. The number of rotatable bonds is 5. The van der Waals surface area contributed by atoms with Crippen LogP contribution in [0.1, 0.15) is 18.9 Å². The van der Waals surface area contributed by atoms with Crippen LogP contribution in [0.15, 0.2) is 12.1 Å². The lowest BCUT2D eigenvalue weighted by Crippen LogP contribution is -2.05. The van der Waals surface area contributed by atoms with Gasteiger partial charge in [0, 0.05) is 18.1 Å². The van der Waals surface area contributed by atoms with Crippen molar-refractivity contribution in [3.8, 4) is 11.5 Å². The third kappa shape index (κ3) is 3.55. The van der Waals surface area contributed by atoms with Gasteiger partial charge in [0.2, 0.25) is 0 Å². The van der Waals surface area contributed by atoms with Gasteiger partial charge in [0.05, 0.1) is 19.4 Å². The summed E-state index contributed by atoms with van der Waals surface area (Å²) < 4.78 is 9.84. The van der Waals surface area contributed by atoms with Gasteiger partial charge in [-0.05, 0) is 19.4 Å². The standard InChI is InChI=1S/C12H17NO4/c1-3-17-11(14)5-4-8-6-9(16-2)7-10(13)12(8)15/h6-7,15H,3-5,13H2,1-2H3. The second-order valence-corrected chi connectivity index (χ2v) is 3.53. The molecule has 3 N–H and O–H groups in total. The fourth-order valence-corrected chi connectivity index (χ4v) is 1.47. The molecule has 0 spiro atoms. The Morgan fingerprint density at radius 2 is 2.18 bits per heavy atom. The van der Waals surface area contributed by atoms with Gasteiger partial charge in [-0.1, -0.05) is 0 Å². The van der Waals surface area contributed by atoms with E-state index in [1.165, 1.54) is 13.2 Å². The Morgan fingerprint density at radius 3 is 2.76 bits per heavy atom. The van der Waals surface area contributed by atoms with E-state index in [4.69, 9.17) is 15.2 Å². The van der Waals surface area contributed by atoms with Crippen LogP contribution < -0.4 is 10.5 Å². The maximum atomic E-state index is 11.2. The van der Waals surface area contributed by atoms with E-state index < -0.39 is 0 Å². The highest BCUT2D eigenvalue weighted by molar-refractivity contribution is 5.70. The molecular weight excluding hydrogens is 222 g/mol. The molecule has 94 valence electrons. The number of aryl methyl sites for hydroxylation is 1. The van der Waals surface area contributed by atoms with E-state index in [-0.39, 0.29) is 23.8 Å². The van der Waals surface area contributed by atoms with E-state index in [0.717, 1.165) is 0 Å². The first kappa shape index (κ1) is 13.2. The Labute approximate surface area is 100 Å². The summed E-state index contributed by atoms with van der Waals surface area (Å²) in [5.41, 5.74) is 6.43. The number of esters is 1. The first-order valence-corrected chi connectivity index (χ1v) is 5.39. The van der Waals surface area contributed by atoms with Crippen molar-refractivity contribution in [3.05, 3.63) is 17.7 Å². The van der Waals surface area contributed by atoms with Crippen molar-refractivity contribution in [3.63, 3.8) is 0 Å². The minimum Gasteiger partial charge on any atom is -0.505 e. The molecule has 0 saturated carbocycles. The summed E-state index contributed by atoms with van der Waals surface area (Å²) in [6.07, 6.45) is 0.570. The number of benzene rings is 1. The topological polar surface area (TPSA) is 81.8 Å². The fraction of sp³-hybridized carbons (Fsp3) is 0.417. The number of phenolic OH excluding ortho intramolecular Hbond substituents is 1. The van der Waals surface area contributed by atoms with E-state index in [2.05, 4.69) is 0 Å². The summed E-state index contributed by atoms with van der Waals surface area (Å²) >= 11 is 0. The Morgan fingerprint density at radius 1 is 1.47 bits per heavy atom. The zero-order chi connectivity index (χ0) is 12.8. The van der Waals surface area contributed by atoms with Gasteiger partial charge in [0.25, 0.3) is 0 Å². The van der Waals surface area contributed by atoms with Gasteiger partial charge in [0.15, 0.2) is 0 Å². The van der Waals surface area contributed by atoms with Crippen molar-refractivity contribution < 1.29 is 19.4 Å². The van der Waals surface area contributed by atoms with Crippen molar-refractivity contribution in [1.82, 2.24) is 0 Å². The molecule has 5 nitrogen and oxygen atoms in total. The molecule has 0 fully saturated rings. The molecular formula is C12H17NO4. The predicted octanol–water partition coefficient (Wildman–Crippen LogP) is 1.48. The second-order valence-electron chi connectivity index (χ2n) is 3.53. The van der Waals surface area contributed by atoms with Crippen LogP contribution in [-0.4, -0.2) is 24.8 Å². The molecule has 0 atom stereocenters. The summed E-state index contributed by atoms with van der Waals surface area (Å²) in [5, 5.41) is 9.73. The molecule has 0 radical (unpaired) electrons. The molecule has 1 rings (SSSR count). The van der Waals surface area contributed by atoms with Gasteiger partial charge < -0.3 is 20.3 Å². The van der Waals surface area contributed by atoms with Crippen LogP contribution in [0.5, 0.6) is 11.5 Å². The molecule has 0 bridgehead atoms. The lowest BCUT2D eigenvalue weighted by molar-refractivity contribution is -0.143. The lowest BCUT2D eigenvalue weighted by atomic mass is 10.1. The lowest BCUT2D eigenvalue weighted by Gasteiger charge is -2.09. The number of carbonyl (C=O) groups excluding carboxylic acids is 1. The number of aromatic hydroxyl groups is 1. The number of anilines is 1. The zero-order valence-electron chi connectivity index (χ0n) is 10.0. The maximum absolute atomic E-state index is 11.2. The third-order valence-electron chi connectivity index (χ3n) is 2.33. The number of phenols is 1. The first-order valence-electron chi connectivity index (χ1n) is 5.39. The monoisotopic (exact) mass is 239 g/mol. The predicted molar refractivity (Wildman–Crippen MR) is 64.0 cm³/mol. The molecule has 17 heavy (non-hydrogen) atoms. The number of carbonyl (C=O) groups is 1. The largest absolute Gasteiger partial charge is 0.505 e. The van der Waals surface area contributed by atoms with E-state index in [0.29, 0.717) is 24.3 Å². The molecule has 0 unspecified atom stereocenters. The fourth-order valence-electron chi connectivity index (χ4n) is 1.47. The van der Waals surface area contributed by atoms with Gasteiger partial charge >= 0.3 is 5.97 Å². The van der Waals surface area contributed by atoms with Gasteiger partial charge in [-0.2, -0.15) is 0 Å². The second kappa shape index (κ2) is 5.98. The number of nitrogen functional groups attached to an aromatic ring is 1. The molecule has 0 aromatic heterocycles. The molecule has 1 aromatic carbocycles. The molecule has 0 aliphatic heterocycles. The Hall–Kier alpha value is -1.91. The SMILES string of the molecule is CCOC(=O)CCc1cc(OC)cc(N)c1O. The molecule has 5 heteroatoms. The summed E-state index contributed by atoms with van der Waals surface area (Å²) in [5.74, 6) is 0.252. The van der Waals surface area contributed by atoms with Crippen LogP contribution in [0, 0.1) is 0 Å². The number of ether oxygens (including phenoxy) is 2. The first-order chi connectivity index (χ1) is 8.08. The number of hydrogen-bond donors (Lipinski definition) is 2. The molecule has 0 saturated heterocycles. The number of methoxy groups -OCH3 is 1. The molecule has 1 aromatic rings. The highest BCUT2D eigenvalue weighted by atomic mass is 16.5. The summed E-state index contributed by atoms with van der Waals surface area (Å²) in [4.78, 5) is 11.2. The normalized spacial score (nSPS) is 10.0. The van der Waals surface area contributed by atoms with E-state index >= 15 is 0 Å². The maximum Gasteiger partial charge on any atom is 0.306 e. The third-order valence-corrected chi connectivity index (χ3v) is 2.33. The average Bonchev–Trinajstić information content (AvgIpc) is 2.31. The van der Waals surface area contributed by atoms with E-state index in [1.54, 1.807) is 13.0 Å². The summed E-state index contributed by atoms with van der Waals surface area (Å²) in [6.45, 7) is 2.10. The van der Waals surface area contributed by atoms with Gasteiger partial charge in [-0.15, -0.1) is 0 Å². The molecule has 0 aliphatic carbocycles. The molecule has 0 amide bonds. The van der Waals surface area contributed by atoms with Crippen molar-refractivity contribution >= 4 is 11.7 Å². The van der Waals surface area contributed by atoms with Gasteiger partial charge in [0.1, 0.15) is 11.5 Å². The van der Waals surface area contributed by atoms with Crippen LogP contribution in [0.25, 0.3) is 0 Å². The van der Waals surface area contributed by atoms with Gasteiger partial charge in [-0.25, -0.2) is 0 Å². The smallest absolute Gasteiger partial charge is 0.306 e. The number of nitrogens with two attached hydrogens (primary N) is 1. The van der Waals surface area contributed by atoms with Crippen LogP contribution in [-0.2, 0) is 16.0 Å². The van der Waals surface area contributed by atoms with Crippen molar-refractivity contribution in [2.24, 2.45) is 0 Å². The molecule has 0 aliphatic rings. The molecule has 0 heterocycles. The minimum absolute atomic E-state index is 0.00454.